The molecular formula is C20H25N3O3. The monoisotopic (exact) mass is 355 g/mol. The second-order valence-corrected chi connectivity index (χ2v) is 7.07. The van der Waals surface area contributed by atoms with E-state index in [9.17, 15) is 4.79 Å². The number of carbonyl (C=O) groups is 1. The summed E-state index contributed by atoms with van der Waals surface area (Å²) in [7, 11) is 1.76. The molecule has 0 aliphatic carbocycles. The van der Waals surface area contributed by atoms with Crippen molar-refractivity contribution in [1.29, 1.82) is 0 Å². The second-order valence-electron chi connectivity index (χ2n) is 7.07. The lowest BCUT2D eigenvalue weighted by molar-refractivity contribution is -0.183. The van der Waals surface area contributed by atoms with E-state index in [1.54, 1.807) is 18.0 Å². The molecule has 6 heteroatoms. The molecule has 1 aromatic carbocycles. The van der Waals surface area contributed by atoms with Crippen LogP contribution in [0.2, 0.25) is 0 Å². The van der Waals surface area contributed by atoms with Crippen molar-refractivity contribution >= 4 is 5.91 Å². The van der Waals surface area contributed by atoms with Crippen LogP contribution in [0.3, 0.4) is 0 Å². The lowest BCUT2D eigenvalue weighted by Crippen LogP contribution is -2.56. The molecule has 2 saturated heterocycles. The highest BCUT2D eigenvalue weighted by molar-refractivity contribution is 5.94. The fourth-order valence-corrected chi connectivity index (χ4v) is 4.17. The number of amides is 1. The molecule has 1 amide bonds. The Morgan fingerprint density at radius 2 is 2.15 bits per heavy atom. The van der Waals surface area contributed by atoms with E-state index in [2.05, 4.69) is 5.10 Å². The minimum Gasteiger partial charge on any atom is -0.378 e. The molecule has 4 rings (SSSR count). The van der Waals surface area contributed by atoms with Crippen molar-refractivity contribution in [2.24, 2.45) is 0 Å². The Balaban J connectivity index is 1.46. The molecule has 2 aromatic rings. The molecular weight excluding hydrogens is 330 g/mol. The highest BCUT2D eigenvalue weighted by Gasteiger charge is 2.45. The van der Waals surface area contributed by atoms with Gasteiger partial charge in [0.2, 0.25) is 0 Å². The number of likely N-dealkylation sites (tertiary alicyclic amines) is 1. The summed E-state index contributed by atoms with van der Waals surface area (Å²) >= 11 is 0. The van der Waals surface area contributed by atoms with E-state index >= 15 is 0 Å². The van der Waals surface area contributed by atoms with Gasteiger partial charge in [-0.1, -0.05) is 6.07 Å². The van der Waals surface area contributed by atoms with Crippen molar-refractivity contribution in [3.05, 3.63) is 48.3 Å². The van der Waals surface area contributed by atoms with Crippen LogP contribution in [0.4, 0.5) is 0 Å². The lowest BCUT2D eigenvalue weighted by atomic mass is 9.81. The molecule has 138 valence electrons. The third-order valence-electron chi connectivity index (χ3n) is 5.63. The topological polar surface area (TPSA) is 56.6 Å². The molecule has 0 unspecified atom stereocenters. The molecule has 1 atom stereocenters. The Morgan fingerprint density at radius 3 is 2.88 bits per heavy atom. The number of piperidine rings is 1. The van der Waals surface area contributed by atoms with Gasteiger partial charge in [0.1, 0.15) is 0 Å². The van der Waals surface area contributed by atoms with Crippen LogP contribution in [0, 0.1) is 0 Å². The third kappa shape index (κ3) is 3.15. The number of nitrogens with zero attached hydrogens (tertiary/aromatic N) is 3. The van der Waals surface area contributed by atoms with Crippen molar-refractivity contribution in [1.82, 2.24) is 14.7 Å². The number of carbonyl (C=O) groups excluding carboxylic acids is 1. The largest absolute Gasteiger partial charge is 0.378 e. The average Bonchev–Trinajstić information content (AvgIpc) is 3.23. The Morgan fingerprint density at radius 1 is 1.31 bits per heavy atom. The molecule has 2 aliphatic rings. The van der Waals surface area contributed by atoms with Crippen LogP contribution in [-0.4, -0.2) is 59.1 Å². The van der Waals surface area contributed by atoms with Crippen molar-refractivity contribution < 1.29 is 14.3 Å². The molecule has 26 heavy (non-hydrogen) atoms. The maximum Gasteiger partial charge on any atom is 0.253 e. The molecule has 1 aromatic heterocycles. The fraction of sp³-hybridized carbons (Fsp3) is 0.500. The summed E-state index contributed by atoms with van der Waals surface area (Å²) in [5.41, 5.74) is 1.37. The summed E-state index contributed by atoms with van der Waals surface area (Å²) in [6.07, 6.45) is 7.48. The van der Waals surface area contributed by atoms with Crippen molar-refractivity contribution in [3.8, 4) is 5.69 Å². The standard InChI is InChI=1S/C20H25N3O3/c1-25-18-7-3-14-26-20(18)8-12-22(13-9-20)19(24)16-5-2-6-17(15-16)23-11-4-10-21-23/h2,4-6,10-11,15,18H,3,7-9,12-14H2,1H3/t18-/m0/s1. The number of ether oxygens (including phenoxy) is 2. The zero-order valence-corrected chi connectivity index (χ0v) is 15.1. The first-order chi connectivity index (χ1) is 12.7. The summed E-state index contributed by atoms with van der Waals surface area (Å²) in [6.45, 7) is 2.19. The molecule has 6 nitrogen and oxygen atoms in total. The predicted molar refractivity (Wildman–Crippen MR) is 97.4 cm³/mol. The Labute approximate surface area is 153 Å². The van der Waals surface area contributed by atoms with E-state index in [-0.39, 0.29) is 17.6 Å². The van der Waals surface area contributed by atoms with Crippen LogP contribution in [0.1, 0.15) is 36.0 Å². The highest BCUT2D eigenvalue weighted by Crippen LogP contribution is 2.37. The Kier molecular flexibility index (Phi) is 4.78. The van der Waals surface area contributed by atoms with Gasteiger partial charge in [0.05, 0.1) is 17.4 Å². The van der Waals surface area contributed by atoms with Crippen LogP contribution in [0.5, 0.6) is 0 Å². The number of hydrogen-bond donors (Lipinski definition) is 0. The van der Waals surface area contributed by atoms with Gasteiger partial charge in [-0.25, -0.2) is 4.68 Å². The molecule has 1 spiro atoms. The van der Waals surface area contributed by atoms with Gasteiger partial charge in [-0.15, -0.1) is 0 Å². The van der Waals surface area contributed by atoms with Crippen LogP contribution in [-0.2, 0) is 9.47 Å². The van der Waals surface area contributed by atoms with Crippen LogP contribution in [0.15, 0.2) is 42.7 Å². The third-order valence-corrected chi connectivity index (χ3v) is 5.63. The Hall–Kier alpha value is -2.18. The van der Waals surface area contributed by atoms with Gasteiger partial charge in [-0.3, -0.25) is 4.79 Å². The van der Waals surface area contributed by atoms with Crippen LogP contribution >= 0.6 is 0 Å². The summed E-state index contributed by atoms with van der Waals surface area (Å²) in [6, 6.07) is 9.49. The van der Waals surface area contributed by atoms with Crippen LogP contribution in [0.25, 0.3) is 5.69 Å². The fourth-order valence-electron chi connectivity index (χ4n) is 4.17. The van der Waals surface area contributed by atoms with Gasteiger partial charge in [0, 0.05) is 44.8 Å². The number of rotatable bonds is 3. The summed E-state index contributed by atoms with van der Waals surface area (Å²) in [4.78, 5) is 14.9. The maximum absolute atomic E-state index is 13.0. The van der Waals surface area contributed by atoms with E-state index in [1.807, 2.05) is 41.4 Å². The molecule has 0 bridgehead atoms. The summed E-state index contributed by atoms with van der Waals surface area (Å²) in [5, 5.41) is 4.24. The maximum atomic E-state index is 13.0. The normalized spacial score (nSPS) is 22.5. The molecule has 0 saturated carbocycles. The zero-order valence-electron chi connectivity index (χ0n) is 15.1. The van der Waals surface area contributed by atoms with Gasteiger partial charge >= 0.3 is 0 Å². The molecule has 0 N–H and O–H groups in total. The summed E-state index contributed by atoms with van der Waals surface area (Å²) < 4.78 is 13.6. The minimum absolute atomic E-state index is 0.0682. The van der Waals surface area contributed by atoms with Crippen LogP contribution < -0.4 is 0 Å². The number of hydrogen-bond acceptors (Lipinski definition) is 4. The second kappa shape index (κ2) is 7.21. The summed E-state index contributed by atoms with van der Waals surface area (Å²) in [5.74, 6) is 0.0682. The SMILES string of the molecule is CO[C@H]1CCCOC12CCN(C(=O)c1cccc(-n3cccn3)c1)CC2. The highest BCUT2D eigenvalue weighted by atomic mass is 16.5. The van der Waals surface area contributed by atoms with Gasteiger partial charge < -0.3 is 14.4 Å². The van der Waals surface area contributed by atoms with Crippen molar-refractivity contribution in [3.63, 3.8) is 0 Å². The van der Waals surface area contributed by atoms with Crippen molar-refractivity contribution in [2.75, 3.05) is 26.8 Å². The van der Waals surface area contributed by atoms with E-state index in [0.717, 1.165) is 38.0 Å². The number of methoxy groups -OCH3 is 1. The predicted octanol–water partition coefficient (Wildman–Crippen LogP) is 2.67. The molecule has 2 fully saturated rings. The Bertz CT molecular complexity index is 751. The molecule has 3 heterocycles. The molecule has 2 aliphatic heterocycles. The lowest BCUT2D eigenvalue weighted by Gasteiger charge is -2.48. The first kappa shape index (κ1) is 17.2. The van der Waals surface area contributed by atoms with E-state index in [1.165, 1.54) is 0 Å². The van der Waals surface area contributed by atoms with Gasteiger partial charge in [-0.05, 0) is 49.9 Å². The van der Waals surface area contributed by atoms with Crippen molar-refractivity contribution in [2.45, 2.75) is 37.4 Å². The minimum atomic E-state index is -0.222. The molecule has 0 radical (unpaired) electrons. The van der Waals surface area contributed by atoms with Gasteiger partial charge in [0.25, 0.3) is 5.91 Å². The quantitative estimate of drug-likeness (QED) is 0.849. The number of benzene rings is 1. The van der Waals surface area contributed by atoms with E-state index in [0.29, 0.717) is 18.7 Å². The van der Waals surface area contributed by atoms with E-state index in [4.69, 9.17) is 9.47 Å². The first-order valence-electron chi connectivity index (χ1n) is 9.28. The smallest absolute Gasteiger partial charge is 0.253 e. The van der Waals surface area contributed by atoms with Gasteiger partial charge in [0.15, 0.2) is 0 Å². The number of aromatic nitrogens is 2. The van der Waals surface area contributed by atoms with E-state index < -0.39 is 0 Å². The van der Waals surface area contributed by atoms with Gasteiger partial charge in [-0.2, -0.15) is 5.10 Å². The first-order valence-corrected chi connectivity index (χ1v) is 9.28. The average molecular weight is 355 g/mol. The zero-order chi connectivity index (χ0) is 18.0.